The van der Waals surface area contributed by atoms with E-state index < -0.39 is 5.60 Å². The van der Waals surface area contributed by atoms with E-state index >= 15 is 0 Å². The number of aromatic nitrogens is 2. The largest absolute Gasteiger partial charge is 0.490 e. The van der Waals surface area contributed by atoms with Gasteiger partial charge < -0.3 is 20.1 Å². The van der Waals surface area contributed by atoms with Crippen LogP contribution in [0.3, 0.4) is 0 Å². The fourth-order valence-electron chi connectivity index (χ4n) is 4.67. The first-order valence-corrected chi connectivity index (χ1v) is 11.7. The Hall–Kier alpha value is -1.86. The van der Waals surface area contributed by atoms with Crippen molar-refractivity contribution in [2.45, 2.75) is 44.6 Å². The van der Waals surface area contributed by atoms with Gasteiger partial charge in [0.25, 0.3) is 0 Å². The van der Waals surface area contributed by atoms with E-state index in [4.69, 9.17) is 27.9 Å². The summed E-state index contributed by atoms with van der Waals surface area (Å²) in [6, 6.07) is 8.13. The highest BCUT2D eigenvalue weighted by Gasteiger charge is 2.44. The Balaban J connectivity index is 1.29. The molecule has 1 aromatic heterocycles. The molecule has 0 saturated heterocycles. The molecule has 1 aliphatic heterocycles. The lowest BCUT2D eigenvalue weighted by molar-refractivity contribution is -0.0595. The molecule has 172 valence electrons. The van der Waals surface area contributed by atoms with Crippen molar-refractivity contribution in [1.29, 1.82) is 0 Å². The lowest BCUT2D eigenvalue weighted by Crippen LogP contribution is -2.49. The van der Waals surface area contributed by atoms with Crippen molar-refractivity contribution in [2.75, 3.05) is 19.7 Å². The molecule has 3 N–H and O–H groups in total. The van der Waals surface area contributed by atoms with Crippen molar-refractivity contribution in [3.8, 4) is 5.75 Å². The molecule has 0 radical (unpaired) electrons. The van der Waals surface area contributed by atoms with Gasteiger partial charge in [-0.15, -0.1) is 0 Å². The third-order valence-corrected chi connectivity index (χ3v) is 6.83. The van der Waals surface area contributed by atoms with Gasteiger partial charge >= 0.3 is 0 Å². The predicted molar refractivity (Wildman–Crippen MR) is 126 cm³/mol. The van der Waals surface area contributed by atoms with Crippen LogP contribution in [0.1, 0.15) is 44.0 Å². The van der Waals surface area contributed by atoms with Gasteiger partial charge in [0.2, 0.25) is 0 Å². The highest BCUT2D eigenvalue weighted by atomic mass is 35.5. The Morgan fingerprint density at radius 1 is 1.25 bits per heavy atom. The lowest BCUT2D eigenvalue weighted by Gasteiger charge is -2.43. The third-order valence-electron chi connectivity index (χ3n) is 6.11. The zero-order chi connectivity index (χ0) is 22.9. The maximum atomic E-state index is 13.6. The number of H-pyrrole nitrogens is 1. The van der Waals surface area contributed by atoms with Crippen LogP contribution >= 0.6 is 23.2 Å². The van der Waals surface area contributed by atoms with E-state index in [1.807, 2.05) is 0 Å². The number of nitrogens with zero attached hydrogens (tertiary/aromatic N) is 1. The molecule has 0 bridgehead atoms. The van der Waals surface area contributed by atoms with E-state index in [1.165, 1.54) is 12.1 Å². The van der Waals surface area contributed by atoms with Crippen molar-refractivity contribution in [2.24, 2.45) is 5.92 Å². The number of nitrogens with one attached hydrogen (secondary N) is 2. The van der Waals surface area contributed by atoms with Crippen molar-refractivity contribution in [1.82, 2.24) is 15.3 Å². The Bertz CT molecular complexity index is 1070. The molecule has 4 rings (SSSR count). The molecular weight excluding hydrogens is 452 g/mol. The number of ether oxygens (including phenoxy) is 1. The van der Waals surface area contributed by atoms with Gasteiger partial charge in [0.05, 0.1) is 21.1 Å². The van der Waals surface area contributed by atoms with Gasteiger partial charge in [0.15, 0.2) is 0 Å². The molecule has 0 unspecified atom stereocenters. The number of benzene rings is 2. The van der Waals surface area contributed by atoms with Gasteiger partial charge in [-0.1, -0.05) is 43.1 Å². The van der Waals surface area contributed by atoms with Gasteiger partial charge in [0.1, 0.15) is 29.6 Å². The minimum absolute atomic E-state index is 0.108. The first-order valence-electron chi connectivity index (χ1n) is 11.0. The molecule has 2 heterocycles. The number of halogens is 3. The zero-order valence-corrected chi connectivity index (χ0v) is 19.7. The fraction of sp³-hybridized carbons (Fsp3) is 0.458. The number of aryl methyl sites for hydroxylation is 1. The second-order valence-electron chi connectivity index (χ2n) is 8.87. The molecule has 3 aromatic rings. The van der Waals surface area contributed by atoms with Crippen LogP contribution in [0, 0.1) is 11.7 Å². The quantitative estimate of drug-likeness (QED) is 0.373. The number of hydrogen-bond donors (Lipinski definition) is 3. The number of imidazole rings is 1. The van der Waals surface area contributed by atoms with E-state index in [1.54, 1.807) is 18.2 Å². The monoisotopic (exact) mass is 479 g/mol. The molecule has 5 nitrogen and oxygen atoms in total. The van der Waals surface area contributed by atoms with Crippen molar-refractivity contribution in [3.05, 3.63) is 57.6 Å². The molecule has 2 aromatic carbocycles. The van der Waals surface area contributed by atoms with E-state index in [9.17, 15) is 9.50 Å². The molecule has 0 fully saturated rings. The van der Waals surface area contributed by atoms with Gasteiger partial charge in [-0.25, -0.2) is 9.37 Å². The summed E-state index contributed by atoms with van der Waals surface area (Å²) in [7, 11) is 0. The minimum Gasteiger partial charge on any atom is -0.490 e. The normalized spacial score (nSPS) is 20.5. The van der Waals surface area contributed by atoms with Gasteiger partial charge in [-0.3, -0.25) is 0 Å². The number of rotatable bonds is 8. The molecule has 0 amide bonds. The zero-order valence-electron chi connectivity index (χ0n) is 18.2. The molecule has 0 aliphatic carbocycles. The maximum Gasteiger partial charge on any atom is 0.126 e. The summed E-state index contributed by atoms with van der Waals surface area (Å²) in [6.45, 7) is 5.77. The Kier molecular flexibility index (Phi) is 6.96. The molecule has 1 aliphatic rings. The second-order valence-corrected chi connectivity index (χ2v) is 9.68. The summed E-state index contributed by atoms with van der Waals surface area (Å²) in [6.07, 6.45) is 2.23. The summed E-state index contributed by atoms with van der Waals surface area (Å²) < 4.78 is 19.3. The van der Waals surface area contributed by atoms with Crippen LogP contribution in [-0.4, -0.2) is 40.4 Å². The van der Waals surface area contributed by atoms with Crippen LogP contribution in [0.2, 0.25) is 10.0 Å². The maximum absolute atomic E-state index is 13.6. The van der Waals surface area contributed by atoms with Crippen LogP contribution < -0.4 is 10.1 Å². The first-order chi connectivity index (χ1) is 15.3. The topological polar surface area (TPSA) is 70.2 Å². The highest BCUT2D eigenvalue weighted by Crippen LogP contribution is 2.45. The van der Waals surface area contributed by atoms with Gasteiger partial charge in [-0.05, 0) is 50.0 Å². The fourth-order valence-corrected chi connectivity index (χ4v) is 4.99. The van der Waals surface area contributed by atoms with Crippen LogP contribution in [0.5, 0.6) is 5.75 Å². The molecule has 8 heteroatoms. The van der Waals surface area contributed by atoms with Crippen LogP contribution in [0.15, 0.2) is 30.3 Å². The molecular formula is C24H28Cl2FN3O2. The summed E-state index contributed by atoms with van der Waals surface area (Å²) >= 11 is 12.1. The average molecular weight is 480 g/mol. The van der Waals surface area contributed by atoms with Gasteiger partial charge in [-0.2, -0.15) is 0 Å². The van der Waals surface area contributed by atoms with Crippen molar-refractivity contribution >= 4 is 34.2 Å². The first kappa shape index (κ1) is 23.3. The number of aliphatic hydroxyl groups is 1. The standard InChI is InChI=1S/C24H28Cl2FN3O2/c1-14(2)23-16-6-5-15(27)10-21(16)32-13-24(23,31)7-9-28-8-3-4-22-29-19-11-17(25)18(26)12-20(19)30-22/h5-6,10-12,14,23,28,31H,3-4,7-9,13H2,1-2H3,(H,29,30)/t23-,24+/m0/s1. The smallest absolute Gasteiger partial charge is 0.126 e. The predicted octanol–water partition coefficient (Wildman–Crippen LogP) is 5.48. The number of aromatic amines is 1. The van der Waals surface area contributed by atoms with Crippen LogP contribution in [0.4, 0.5) is 4.39 Å². The van der Waals surface area contributed by atoms with Crippen LogP contribution in [0.25, 0.3) is 11.0 Å². The highest BCUT2D eigenvalue weighted by molar-refractivity contribution is 6.42. The van der Waals surface area contributed by atoms with E-state index in [0.717, 1.165) is 41.8 Å². The Morgan fingerprint density at radius 2 is 2.03 bits per heavy atom. The van der Waals surface area contributed by atoms with Crippen LogP contribution in [-0.2, 0) is 6.42 Å². The summed E-state index contributed by atoms with van der Waals surface area (Å²) in [5.74, 6) is 1.19. The SMILES string of the molecule is CC(C)[C@H]1c2ccc(F)cc2OC[C@]1(O)CCNCCCc1nc2cc(Cl)c(Cl)cc2[nH]1. The second kappa shape index (κ2) is 9.56. The Labute approximate surface area is 197 Å². The van der Waals surface area contributed by atoms with Crippen molar-refractivity contribution in [3.63, 3.8) is 0 Å². The summed E-state index contributed by atoms with van der Waals surface area (Å²) in [4.78, 5) is 7.84. The Morgan fingerprint density at radius 3 is 2.81 bits per heavy atom. The molecule has 0 saturated carbocycles. The van der Waals surface area contributed by atoms with E-state index in [0.29, 0.717) is 28.8 Å². The number of hydrogen-bond acceptors (Lipinski definition) is 4. The third kappa shape index (κ3) is 4.88. The average Bonchev–Trinajstić information content (AvgIpc) is 3.12. The number of fused-ring (bicyclic) bond motifs is 2. The molecule has 0 spiro atoms. The van der Waals surface area contributed by atoms with E-state index in [-0.39, 0.29) is 24.3 Å². The molecule has 32 heavy (non-hydrogen) atoms. The lowest BCUT2D eigenvalue weighted by atomic mass is 9.72. The summed E-state index contributed by atoms with van der Waals surface area (Å²) in [5.41, 5.74) is 1.56. The molecule has 2 atom stereocenters. The van der Waals surface area contributed by atoms with E-state index in [2.05, 4.69) is 29.1 Å². The van der Waals surface area contributed by atoms with Gasteiger partial charge in [0, 0.05) is 24.0 Å². The van der Waals surface area contributed by atoms with Crippen molar-refractivity contribution < 1.29 is 14.2 Å². The minimum atomic E-state index is -0.997. The summed E-state index contributed by atoms with van der Waals surface area (Å²) in [5, 5.41) is 15.8.